The largest absolute Gasteiger partial charge is 0.341 e. The van der Waals surface area contributed by atoms with Gasteiger partial charge >= 0.3 is 0 Å². The number of nitriles is 1. The summed E-state index contributed by atoms with van der Waals surface area (Å²) in [7, 11) is 0. The highest BCUT2D eigenvalue weighted by Gasteiger charge is 2.51. The van der Waals surface area contributed by atoms with Crippen molar-refractivity contribution in [2.75, 3.05) is 13.1 Å². The normalized spacial score (nSPS) is 36.8. The van der Waals surface area contributed by atoms with Crippen molar-refractivity contribution in [2.24, 2.45) is 35.5 Å². The molecular formula is C18H28N2O. The number of carbonyl (C=O) groups is 1. The zero-order valence-corrected chi connectivity index (χ0v) is 13.4. The highest BCUT2D eigenvalue weighted by molar-refractivity contribution is 5.80. The minimum atomic E-state index is 0.273. The van der Waals surface area contributed by atoms with Gasteiger partial charge in [-0.25, -0.2) is 0 Å². The molecule has 0 aromatic rings. The van der Waals surface area contributed by atoms with Crippen LogP contribution in [0.2, 0.25) is 0 Å². The molecule has 0 aliphatic heterocycles. The number of hydrogen-bond acceptors (Lipinski definition) is 2. The molecule has 0 spiro atoms. The van der Waals surface area contributed by atoms with E-state index in [4.69, 9.17) is 5.26 Å². The molecule has 0 heterocycles. The lowest BCUT2D eigenvalue weighted by atomic mass is 9.51. The molecule has 116 valence electrons. The van der Waals surface area contributed by atoms with Crippen molar-refractivity contribution in [2.45, 2.75) is 52.4 Å². The average Bonchev–Trinajstić information content (AvgIpc) is 2.41. The summed E-state index contributed by atoms with van der Waals surface area (Å²) < 4.78 is 0. The van der Waals surface area contributed by atoms with Crippen LogP contribution in [0.1, 0.15) is 52.4 Å². The molecule has 4 fully saturated rings. The van der Waals surface area contributed by atoms with E-state index in [1.54, 1.807) is 0 Å². The van der Waals surface area contributed by atoms with Gasteiger partial charge in [-0.3, -0.25) is 4.79 Å². The molecule has 0 saturated heterocycles. The lowest BCUT2D eigenvalue weighted by Gasteiger charge is -2.54. The molecule has 0 N–H and O–H groups in total. The van der Waals surface area contributed by atoms with Gasteiger partial charge in [0.1, 0.15) is 0 Å². The Morgan fingerprint density at radius 2 is 1.71 bits per heavy atom. The standard InChI is InChI=1S/C18H28N2O/c1-12(2)11-20(5-3-4-19)18(21)17-15-7-13-6-14(9-15)10-16(17)8-13/h12-17H,3,5-11H2,1-2H3. The third-order valence-electron chi connectivity index (χ3n) is 5.90. The summed E-state index contributed by atoms with van der Waals surface area (Å²) in [6, 6.07) is 2.20. The first kappa shape index (κ1) is 14.9. The summed E-state index contributed by atoms with van der Waals surface area (Å²) in [5.41, 5.74) is 0. The van der Waals surface area contributed by atoms with E-state index in [-0.39, 0.29) is 5.92 Å². The van der Waals surface area contributed by atoms with E-state index in [1.165, 1.54) is 32.1 Å². The molecule has 0 atom stereocenters. The summed E-state index contributed by atoms with van der Waals surface area (Å²) in [6.45, 7) is 5.74. The van der Waals surface area contributed by atoms with Crippen LogP contribution in [-0.4, -0.2) is 23.9 Å². The molecule has 0 aromatic carbocycles. The second-order valence-electron chi connectivity index (χ2n) is 8.04. The lowest BCUT2D eigenvalue weighted by molar-refractivity contribution is -0.149. The first-order valence-corrected chi connectivity index (χ1v) is 8.74. The first-order valence-electron chi connectivity index (χ1n) is 8.74. The predicted molar refractivity (Wildman–Crippen MR) is 82.2 cm³/mol. The van der Waals surface area contributed by atoms with Crippen LogP contribution >= 0.6 is 0 Å². The van der Waals surface area contributed by atoms with E-state index < -0.39 is 0 Å². The smallest absolute Gasteiger partial charge is 0.226 e. The van der Waals surface area contributed by atoms with Gasteiger partial charge in [0.25, 0.3) is 0 Å². The van der Waals surface area contributed by atoms with E-state index >= 15 is 0 Å². The Kier molecular flexibility index (Phi) is 4.24. The Labute approximate surface area is 128 Å². The summed E-state index contributed by atoms with van der Waals surface area (Å²) in [6.07, 6.45) is 7.05. The van der Waals surface area contributed by atoms with Crippen LogP contribution in [-0.2, 0) is 4.79 Å². The Morgan fingerprint density at radius 1 is 1.14 bits per heavy atom. The minimum absolute atomic E-state index is 0.273. The maximum absolute atomic E-state index is 13.1. The van der Waals surface area contributed by atoms with Crippen LogP contribution < -0.4 is 0 Å². The van der Waals surface area contributed by atoms with Crippen LogP contribution in [0.25, 0.3) is 0 Å². The van der Waals surface area contributed by atoms with Gasteiger partial charge in [0, 0.05) is 19.0 Å². The third-order valence-corrected chi connectivity index (χ3v) is 5.90. The predicted octanol–water partition coefficient (Wildman–Crippen LogP) is 3.46. The molecule has 4 rings (SSSR count). The summed E-state index contributed by atoms with van der Waals surface area (Å²) >= 11 is 0. The van der Waals surface area contributed by atoms with Crippen LogP contribution in [0.15, 0.2) is 0 Å². The topological polar surface area (TPSA) is 44.1 Å². The van der Waals surface area contributed by atoms with E-state index in [9.17, 15) is 4.79 Å². The van der Waals surface area contributed by atoms with Gasteiger partial charge in [0.2, 0.25) is 5.91 Å². The van der Waals surface area contributed by atoms with Gasteiger partial charge in [0.05, 0.1) is 12.5 Å². The number of rotatable bonds is 5. The fourth-order valence-corrected chi connectivity index (χ4v) is 5.46. The van der Waals surface area contributed by atoms with Crippen molar-refractivity contribution in [3.8, 4) is 6.07 Å². The van der Waals surface area contributed by atoms with Gasteiger partial charge in [-0.05, 0) is 61.7 Å². The lowest BCUT2D eigenvalue weighted by Crippen LogP contribution is -2.52. The van der Waals surface area contributed by atoms with Crippen molar-refractivity contribution >= 4 is 5.91 Å². The first-order chi connectivity index (χ1) is 10.1. The number of amides is 1. The number of hydrogen-bond donors (Lipinski definition) is 0. The number of carbonyl (C=O) groups excluding carboxylic acids is 1. The molecule has 21 heavy (non-hydrogen) atoms. The zero-order chi connectivity index (χ0) is 15.0. The van der Waals surface area contributed by atoms with E-state index in [0.717, 1.165) is 18.4 Å². The SMILES string of the molecule is CC(C)CN(CCC#N)C(=O)C1C2CC3CC(C2)CC1C3. The third kappa shape index (κ3) is 2.96. The van der Waals surface area contributed by atoms with E-state index in [0.29, 0.717) is 36.6 Å². The molecule has 0 unspecified atom stereocenters. The molecule has 4 aliphatic rings. The minimum Gasteiger partial charge on any atom is -0.341 e. The van der Waals surface area contributed by atoms with Crippen LogP contribution in [0.3, 0.4) is 0 Å². The van der Waals surface area contributed by atoms with Crippen molar-refractivity contribution < 1.29 is 4.79 Å². The maximum atomic E-state index is 13.1. The molecule has 0 aromatic heterocycles. The highest BCUT2D eigenvalue weighted by Crippen LogP contribution is 2.56. The Hall–Kier alpha value is -1.04. The summed E-state index contributed by atoms with van der Waals surface area (Å²) in [5.74, 6) is 4.23. The van der Waals surface area contributed by atoms with Crippen molar-refractivity contribution in [1.29, 1.82) is 5.26 Å². The van der Waals surface area contributed by atoms with Crippen molar-refractivity contribution in [1.82, 2.24) is 4.90 Å². The molecule has 3 heteroatoms. The Morgan fingerprint density at radius 3 is 2.19 bits per heavy atom. The van der Waals surface area contributed by atoms with Crippen molar-refractivity contribution in [3.05, 3.63) is 0 Å². The molecule has 4 bridgehead atoms. The molecule has 3 nitrogen and oxygen atoms in total. The maximum Gasteiger partial charge on any atom is 0.226 e. The van der Waals surface area contributed by atoms with Gasteiger partial charge in [-0.15, -0.1) is 0 Å². The fourth-order valence-electron chi connectivity index (χ4n) is 5.46. The monoisotopic (exact) mass is 288 g/mol. The second-order valence-corrected chi connectivity index (χ2v) is 8.04. The van der Waals surface area contributed by atoms with Gasteiger partial charge in [-0.2, -0.15) is 5.26 Å². The van der Waals surface area contributed by atoms with Crippen LogP contribution in [0.4, 0.5) is 0 Å². The molecule has 0 radical (unpaired) electrons. The fraction of sp³-hybridized carbons (Fsp3) is 0.889. The van der Waals surface area contributed by atoms with Crippen LogP contribution in [0.5, 0.6) is 0 Å². The molecule has 1 amide bonds. The Balaban J connectivity index is 1.71. The van der Waals surface area contributed by atoms with Gasteiger partial charge < -0.3 is 4.90 Å². The molecule has 4 saturated carbocycles. The highest BCUT2D eigenvalue weighted by atomic mass is 16.2. The van der Waals surface area contributed by atoms with Gasteiger partial charge in [0.15, 0.2) is 0 Å². The molecule has 4 aliphatic carbocycles. The molecular weight excluding hydrogens is 260 g/mol. The zero-order valence-electron chi connectivity index (χ0n) is 13.4. The van der Waals surface area contributed by atoms with E-state index in [1.807, 2.05) is 4.90 Å². The second kappa shape index (κ2) is 5.99. The average molecular weight is 288 g/mol. The van der Waals surface area contributed by atoms with Crippen LogP contribution in [0, 0.1) is 46.8 Å². The van der Waals surface area contributed by atoms with Crippen molar-refractivity contribution in [3.63, 3.8) is 0 Å². The number of nitrogens with zero attached hydrogens (tertiary/aromatic N) is 2. The summed E-state index contributed by atoms with van der Waals surface area (Å²) in [5, 5.41) is 8.86. The Bertz CT molecular complexity index is 409. The quantitative estimate of drug-likeness (QED) is 0.777. The van der Waals surface area contributed by atoms with E-state index in [2.05, 4.69) is 19.9 Å². The van der Waals surface area contributed by atoms with Gasteiger partial charge in [-0.1, -0.05) is 13.8 Å². The summed E-state index contributed by atoms with van der Waals surface area (Å²) in [4.78, 5) is 15.1.